The smallest absolute Gasteiger partial charge is 0.255 e. The Labute approximate surface area is 199 Å². The van der Waals surface area contributed by atoms with E-state index in [0.29, 0.717) is 30.1 Å². The second-order valence-electron chi connectivity index (χ2n) is 7.77. The van der Waals surface area contributed by atoms with Crippen molar-refractivity contribution >= 4 is 29.2 Å². The summed E-state index contributed by atoms with van der Waals surface area (Å²) in [5, 5.41) is 4.74. The molecule has 1 unspecified atom stereocenters. The number of hydrogen-bond acceptors (Lipinski definition) is 6. The standard InChI is InChI=1S/C23H22ClFN6O3/c1-2-18(32)30-9-3-4-15(12-30)31-21(26)19(22(27)33)20(29-31)13-5-7-16(8-6-13)34-23-17(25)10-14(24)11-28-23/h2,5-8,10-11,15H,1,3-4,9,12,26H2,(H2,27,33). The number of carbonyl (C=O) groups excluding carboxylic acids is 2. The van der Waals surface area contributed by atoms with E-state index in [-0.39, 0.29) is 34.2 Å². The monoisotopic (exact) mass is 484 g/mol. The van der Waals surface area contributed by atoms with Gasteiger partial charge in [-0.1, -0.05) is 18.2 Å². The predicted octanol–water partition coefficient (Wildman–Crippen LogP) is 3.56. The number of aromatic nitrogens is 3. The number of hydrogen-bond donors (Lipinski definition) is 2. The highest BCUT2D eigenvalue weighted by atomic mass is 35.5. The molecule has 34 heavy (non-hydrogen) atoms. The summed E-state index contributed by atoms with van der Waals surface area (Å²) < 4.78 is 21.0. The van der Waals surface area contributed by atoms with E-state index in [1.54, 1.807) is 33.8 Å². The molecule has 1 aromatic carbocycles. The number of halogens is 2. The lowest BCUT2D eigenvalue weighted by atomic mass is 10.1. The number of pyridine rings is 1. The predicted molar refractivity (Wildman–Crippen MR) is 125 cm³/mol. The molecule has 2 amide bonds. The van der Waals surface area contributed by atoms with Crippen molar-refractivity contribution in [3.05, 3.63) is 65.6 Å². The molecule has 1 fully saturated rings. The largest absolute Gasteiger partial charge is 0.436 e. The Hall–Kier alpha value is -3.92. The molecule has 0 saturated carbocycles. The van der Waals surface area contributed by atoms with E-state index in [4.69, 9.17) is 27.8 Å². The number of rotatable bonds is 6. The molecule has 176 valence electrons. The summed E-state index contributed by atoms with van der Waals surface area (Å²) in [6.07, 6.45) is 4.03. The van der Waals surface area contributed by atoms with Gasteiger partial charge in [0.15, 0.2) is 5.82 Å². The Morgan fingerprint density at radius 3 is 2.68 bits per heavy atom. The highest BCUT2D eigenvalue weighted by molar-refractivity contribution is 6.30. The van der Waals surface area contributed by atoms with Crippen LogP contribution in [-0.4, -0.2) is 44.6 Å². The van der Waals surface area contributed by atoms with Gasteiger partial charge in [0.25, 0.3) is 11.8 Å². The normalized spacial score (nSPS) is 15.7. The summed E-state index contributed by atoms with van der Waals surface area (Å²) in [4.78, 5) is 29.8. The number of nitrogens with two attached hydrogens (primary N) is 2. The van der Waals surface area contributed by atoms with Crippen molar-refractivity contribution < 1.29 is 18.7 Å². The number of amides is 2. The van der Waals surface area contributed by atoms with E-state index < -0.39 is 11.7 Å². The first-order valence-corrected chi connectivity index (χ1v) is 10.8. The second-order valence-corrected chi connectivity index (χ2v) is 8.21. The van der Waals surface area contributed by atoms with Crippen LogP contribution in [0.1, 0.15) is 29.2 Å². The number of ether oxygens (including phenoxy) is 1. The molecular weight excluding hydrogens is 463 g/mol. The Morgan fingerprint density at radius 1 is 1.29 bits per heavy atom. The third-order valence-electron chi connectivity index (χ3n) is 5.54. The zero-order valence-corrected chi connectivity index (χ0v) is 18.8. The number of nitrogen functional groups attached to an aromatic ring is 1. The lowest BCUT2D eigenvalue weighted by Gasteiger charge is -2.32. The first kappa shape index (κ1) is 23.2. The van der Waals surface area contributed by atoms with Crippen molar-refractivity contribution in [1.29, 1.82) is 0 Å². The van der Waals surface area contributed by atoms with E-state index in [0.717, 1.165) is 18.9 Å². The van der Waals surface area contributed by atoms with Crippen LogP contribution in [0.4, 0.5) is 10.2 Å². The molecule has 0 aliphatic carbocycles. The molecule has 9 nitrogen and oxygen atoms in total. The van der Waals surface area contributed by atoms with Gasteiger partial charge in [0.05, 0.1) is 11.1 Å². The number of piperidine rings is 1. The molecule has 2 aromatic heterocycles. The van der Waals surface area contributed by atoms with Gasteiger partial charge in [-0.25, -0.2) is 14.1 Å². The molecule has 0 radical (unpaired) electrons. The van der Waals surface area contributed by atoms with Crippen molar-refractivity contribution in [2.75, 3.05) is 18.8 Å². The molecule has 4 N–H and O–H groups in total. The number of benzene rings is 1. The maximum atomic E-state index is 14.0. The molecule has 1 atom stereocenters. The molecule has 11 heteroatoms. The minimum absolute atomic E-state index is 0.0891. The Morgan fingerprint density at radius 2 is 2.03 bits per heavy atom. The minimum atomic E-state index is -0.721. The Bertz CT molecular complexity index is 1260. The van der Waals surface area contributed by atoms with Gasteiger partial charge in [-0.2, -0.15) is 5.10 Å². The Balaban J connectivity index is 1.63. The van der Waals surface area contributed by atoms with Crippen molar-refractivity contribution in [2.45, 2.75) is 18.9 Å². The van der Waals surface area contributed by atoms with E-state index >= 15 is 0 Å². The number of carbonyl (C=O) groups is 2. The summed E-state index contributed by atoms with van der Waals surface area (Å²) in [5.74, 6) is -1.37. The summed E-state index contributed by atoms with van der Waals surface area (Å²) in [6, 6.07) is 7.34. The van der Waals surface area contributed by atoms with Gasteiger partial charge in [0.2, 0.25) is 5.91 Å². The van der Waals surface area contributed by atoms with Crippen LogP contribution in [0.25, 0.3) is 11.3 Å². The fraction of sp³-hybridized carbons (Fsp3) is 0.217. The van der Waals surface area contributed by atoms with Crippen LogP contribution >= 0.6 is 11.6 Å². The van der Waals surface area contributed by atoms with Crippen LogP contribution in [-0.2, 0) is 4.79 Å². The number of primary amides is 1. The third kappa shape index (κ3) is 4.58. The minimum Gasteiger partial charge on any atom is -0.436 e. The summed E-state index contributed by atoms with van der Waals surface area (Å²) >= 11 is 5.71. The zero-order valence-electron chi connectivity index (χ0n) is 18.1. The SMILES string of the molecule is C=CC(=O)N1CCCC(n2nc(-c3ccc(Oc4ncc(Cl)cc4F)cc3)c(C(N)=O)c2N)C1. The lowest BCUT2D eigenvalue weighted by Crippen LogP contribution is -2.40. The molecule has 4 rings (SSSR count). The average Bonchev–Trinajstić information content (AvgIpc) is 3.18. The molecule has 0 bridgehead atoms. The van der Waals surface area contributed by atoms with Crippen LogP contribution in [0.3, 0.4) is 0 Å². The van der Waals surface area contributed by atoms with E-state index in [1.807, 2.05) is 0 Å². The van der Waals surface area contributed by atoms with Crippen molar-refractivity contribution in [1.82, 2.24) is 19.7 Å². The van der Waals surface area contributed by atoms with Crippen molar-refractivity contribution in [3.8, 4) is 22.9 Å². The number of likely N-dealkylation sites (tertiary alicyclic amines) is 1. The number of nitrogens with zero attached hydrogens (tertiary/aromatic N) is 4. The van der Waals surface area contributed by atoms with Gasteiger partial charge in [-0.3, -0.25) is 9.59 Å². The van der Waals surface area contributed by atoms with Crippen LogP contribution < -0.4 is 16.2 Å². The van der Waals surface area contributed by atoms with Gasteiger partial charge in [-0.05, 0) is 49.2 Å². The molecule has 1 aliphatic heterocycles. The van der Waals surface area contributed by atoms with E-state index in [1.165, 1.54) is 12.3 Å². The lowest BCUT2D eigenvalue weighted by molar-refractivity contribution is -0.127. The highest BCUT2D eigenvalue weighted by Gasteiger charge is 2.29. The highest BCUT2D eigenvalue weighted by Crippen LogP contribution is 2.33. The summed E-state index contributed by atoms with van der Waals surface area (Å²) in [5.41, 5.74) is 12.9. The third-order valence-corrected chi connectivity index (χ3v) is 5.75. The van der Waals surface area contributed by atoms with Crippen LogP contribution in [0.5, 0.6) is 11.6 Å². The van der Waals surface area contributed by atoms with Crippen LogP contribution in [0, 0.1) is 5.82 Å². The molecule has 3 aromatic rings. The van der Waals surface area contributed by atoms with E-state index in [9.17, 15) is 14.0 Å². The maximum absolute atomic E-state index is 14.0. The first-order valence-electron chi connectivity index (χ1n) is 10.5. The summed E-state index contributed by atoms with van der Waals surface area (Å²) in [7, 11) is 0. The Kier molecular flexibility index (Phi) is 6.51. The van der Waals surface area contributed by atoms with Crippen molar-refractivity contribution in [3.63, 3.8) is 0 Å². The zero-order chi connectivity index (χ0) is 24.4. The van der Waals surface area contributed by atoms with Gasteiger partial charge in [0.1, 0.15) is 22.8 Å². The number of anilines is 1. The second kappa shape index (κ2) is 9.52. The van der Waals surface area contributed by atoms with Gasteiger partial charge in [-0.15, -0.1) is 0 Å². The molecule has 1 saturated heterocycles. The first-order chi connectivity index (χ1) is 16.3. The average molecular weight is 485 g/mol. The molecule has 3 heterocycles. The van der Waals surface area contributed by atoms with Crippen LogP contribution in [0.2, 0.25) is 5.02 Å². The maximum Gasteiger partial charge on any atom is 0.255 e. The fourth-order valence-corrected chi connectivity index (χ4v) is 4.07. The molecular formula is C23H22ClFN6O3. The fourth-order valence-electron chi connectivity index (χ4n) is 3.92. The summed E-state index contributed by atoms with van der Waals surface area (Å²) in [6.45, 7) is 4.54. The molecule has 0 spiro atoms. The van der Waals surface area contributed by atoms with E-state index in [2.05, 4.69) is 16.7 Å². The van der Waals surface area contributed by atoms with Gasteiger partial charge < -0.3 is 21.1 Å². The quantitative estimate of drug-likeness (QED) is 0.514. The topological polar surface area (TPSA) is 129 Å². The van der Waals surface area contributed by atoms with Gasteiger partial charge >= 0.3 is 0 Å². The van der Waals surface area contributed by atoms with Crippen LogP contribution in [0.15, 0.2) is 49.2 Å². The molecule has 1 aliphatic rings. The van der Waals surface area contributed by atoms with Crippen molar-refractivity contribution in [2.24, 2.45) is 5.73 Å². The van der Waals surface area contributed by atoms with Gasteiger partial charge in [0, 0.05) is 24.8 Å².